The lowest BCUT2D eigenvalue weighted by molar-refractivity contribution is 0.0449. The normalized spacial score (nSPS) is 18.9. The van der Waals surface area contributed by atoms with Gasteiger partial charge in [0.1, 0.15) is 0 Å². The molecule has 3 amide bonds. The topological polar surface area (TPSA) is 73.1 Å². The maximum Gasteiger partial charge on any atom is 0.320 e. The van der Waals surface area contributed by atoms with Crippen molar-refractivity contribution in [3.8, 4) is 0 Å². The van der Waals surface area contributed by atoms with Crippen LogP contribution in [0.2, 0.25) is 0 Å². The number of likely N-dealkylation sites (tertiary alicyclic amines) is 1. The first kappa shape index (κ1) is 22.9. The summed E-state index contributed by atoms with van der Waals surface area (Å²) in [5.41, 5.74) is 6.70. The molecule has 3 heterocycles. The molecule has 2 aliphatic rings. The molecule has 0 saturated carbocycles. The number of amides is 3. The number of nitrogen functional groups attached to an aromatic ring is 1. The lowest BCUT2D eigenvalue weighted by Gasteiger charge is -2.44. The summed E-state index contributed by atoms with van der Waals surface area (Å²) in [5, 5.41) is 1.57. The molecule has 7 nitrogen and oxygen atoms in total. The third kappa shape index (κ3) is 4.43. The van der Waals surface area contributed by atoms with Gasteiger partial charge in [0, 0.05) is 68.0 Å². The fraction of sp³-hybridized carbons (Fsp3) is 0.583. The van der Waals surface area contributed by atoms with Gasteiger partial charge < -0.3 is 20.4 Å². The van der Waals surface area contributed by atoms with Crippen molar-refractivity contribution < 1.29 is 9.59 Å². The van der Waals surface area contributed by atoms with Gasteiger partial charge in [0.05, 0.1) is 10.6 Å². The smallest absolute Gasteiger partial charge is 0.320 e. The van der Waals surface area contributed by atoms with Crippen molar-refractivity contribution in [3.05, 3.63) is 29.8 Å². The van der Waals surface area contributed by atoms with Gasteiger partial charge in [-0.25, -0.2) is 4.79 Å². The second-order valence-electron chi connectivity index (χ2n) is 9.90. The number of rotatable bonds is 2. The van der Waals surface area contributed by atoms with Crippen molar-refractivity contribution in [2.75, 3.05) is 52.0 Å². The van der Waals surface area contributed by atoms with E-state index in [1.54, 1.807) is 0 Å². The molecular weight excluding hydrogens is 422 g/mol. The van der Waals surface area contributed by atoms with Gasteiger partial charge in [-0.3, -0.25) is 9.69 Å². The SMILES string of the molecule is CN(C(=O)N1CCC(N2CCN(C(=O)c3c(N)sc4ccccc34)CC2)CC1)C(C)(C)C. The minimum atomic E-state index is -0.173. The number of fused-ring (bicyclic) bond motifs is 1. The van der Waals surface area contributed by atoms with E-state index in [1.165, 1.54) is 11.3 Å². The average molecular weight is 458 g/mol. The monoisotopic (exact) mass is 457 g/mol. The molecule has 2 aromatic rings. The number of anilines is 1. The van der Waals surface area contributed by atoms with Crippen LogP contribution in [-0.2, 0) is 0 Å². The van der Waals surface area contributed by atoms with E-state index in [0.717, 1.165) is 49.1 Å². The maximum absolute atomic E-state index is 13.2. The summed E-state index contributed by atoms with van der Waals surface area (Å²) in [6.07, 6.45) is 1.97. The predicted octanol–water partition coefficient (Wildman–Crippen LogP) is 3.56. The Balaban J connectivity index is 1.31. The van der Waals surface area contributed by atoms with Gasteiger partial charge >= 0.3 is 6.03 Å². The molecule has 0 radical (unpaired) electrons. The molecule has 1 aromatic carbocycles. The van der Waals surface area contributed by atoms with E-state index >= 15 is 0 Å². The lowest BCUT2D eigenvalue weighted by atomic mass is 10.0. The Bertz CT molecular complexity index is 982. The number of piperidine rings is 1. The van der Waals surface area contributed by atoms with Gasteiger partial charge in [-0.05, 0) is 39.7 Å². The van der Waals surface area contributed by atoms with Crippen LogP contribution in [0.3, 0.4) is 0 Å². The number of thiophene rings is 1. The van der Waals surface area contributed by atoms with Gasteiger partial charge in [-0.2, -0.15) is 0 Å². The summed E-state index contributed by atoms with van der Waals surface area (Å²) >= 11 is 1.48. The molecule has 4 rings (SSSR count). The predicted molar refractivity (Wildman–Crippen MR) is 131 cm³/mol. The van der Waals surface area contributed by atoms with Crippen molar-refractivity contribution in [3.63, 3.8) is 0 Å². The van der Waals surface area contributed by atoms with Crippen LogP contribution in [0.1, 0.15) is 44.0 Å². The fourth-order valence-electron chi connectivity index (χ4n) is 4.65. The number of piperazine rings is 1. The van der Waals surface area contributed by atoms with Gasteiger partial charge in [-0.15, -0.1) is 11.3 Å². The summed E-state index contributed by atoms with van der Waals surface area (Å²) in [7, 11) is 1.88. The number of benzene rings is 1. The number of carbonyl (C=O) groups is 2. The molecule has 1 aromatic heterocycles. The van der Waals surface area contributed by atoms with Crippen molar-refractivity contribution in [1.29, 1.82) is 0 Å². The zero-order valence-corrected chi connectivity index (χ0v) is 20.5. The molecule has 0 atom stereocenters. The van der Waals surface area contributed by atoms with Crippen molar-refractivity contribution in [1.82, 2.24) is 19.6 Å². The molecule has 0 bridgehead atoms. The summed E-state index contributed by atoms with van der Waals surface area (Å²) in [5.74, 6) is 0.0465. The fourth-order valence-corrected chi connectivity index (χ4v) is 5.62. The highest BCUT2D eigenvalue weighted by molar-refractivity contribution is 7.23. The molecular formula is C24H35N5O2S. The Morgan fingerprint density at radius 3 is 2.25 bits per heavy atom. The highest BCUT2D eigenvalue weighted by atomic mass is 32.1. The van der Waals surface area contributed by atoms with Crippen molar-refractivity contribution >= 4 is 38.4 Å². The molecule has 174 valence electrons. The van der Waals surface area contributed by atoms with Crippen LogP contribution in [0, 0.1) is 0 Å². The number of carbonyl (C=O) groups excluding carboxylic acids is 2. The average Bonchev–Trinajstić information content (AvgIpc) is 3.13. The van der Waals surface area contributed by atoms with Crippen LogP contribution in [0.15, 0.2) is 24.3 Å². The van der Waals surface area contributed by atoms with E-state index in [9.17, 15) is 9.59 Å². The quantitative estimate of drug-likeness (QED) is 0.748. The first-order chi connectivity index (χ1) is 15.2. The van der Waals surface area contributed by atoms with Gasteiger partial charge in [0.25, 0.3) is 5.91 Å². The third-order valence-corrected chi connectivity index (χ3v) is 7.98. The Kier molecular flexibility index (Phi) is 6.36. The molecule has 2 N–H and O–H groups in total. The number of hydrogen-bond acceptors (Lipinski definition) is 5. The summed E-state index contributed by atoms with van der Waals surface area (Å²) < 4.78 is 1.06. The Hall–Kier alpha value is -2.32. The van der Waals surface area contributed by atoms with E-state index in [0.29, 0.717) is 29.7 Å². The lowest BCUT2D eigenvalue weighted by Crippen LogP contribution is -2.56. The number of hydrogen-bond donors (Lipinski definition) is 1. The van der Waals surface area contributed by atoms with Crippen LogP contribution in [0.25, 0.3) is 10.1 Å². The summed E-state index contributed by atoms with van der Waals surface area (Å²) in [4.78, 5) is 34.2. The van der Waals surface area contributed by atoms with Crippen LogP contribution in [-0.4, -0.2) is 89.4 Å². The first-order valence-electron chi connectivity index (χ1n) is 11.5. The van der Waals surface area contributed by atoms with Crippen LogP contribution < -0.4 is 5.73 Å². The molecule has 2 saturated heterocycles. The zero-order valence-electron chi connectivity index (χ0n) is 19.6. The Morgan fingerprint density at radius 1 is 1.00 bits per heavy atom. The second kappa shape index (κ2) is 8.90. The molecule has 32 heavy (non-hydrogen) atoms. The summed E-state index contributed by atoms with van der Waals surface area (Å²) in [6.45, 7) is 10.9. The maximum atomic E-state index is 13.2. The minimum Gasteiger partial charge on any atom is -0.390 e. The Morgan fingerprint density at radius 2 is 1.62 bits per heavy atom. The largest absolute Gasteiger partial charge is 0.390 e. The molecule has 0 unspecified atom stereocenters. The van der Waals surface area contributed by atoms with Gasteiger partial charge in [-0.1, -0.05) is 18.2 Å². The number of urea groups is 1. The van der Waals surface area contributed by atoms with Gasteiger partial charge in [0.2, 0.25) is 0 Å². The standard InChI is InChI=1S/C24H35N5O2S/c1-24(2,3)26(4)23(31)29-11-9-17(10-12-29)27-13-15-28(16-14-27)22(30)20-18-7-5-6-8-19(18)32-21(20)25/h5-8,17H,9-16,25H2,1-4H3. The number of nitrogens with two attached hydrogens (primary N) is 1. The second-order valence-corrected chi connectivity index (χ2v) is 11.0. The van der Waals surface area contributed by atoms with Crippen molar-refractivity contribution in [2.24, 2.45) is 0 Å². The van der Waals surface area contributed by atoms with Crippen molar-refractivity contribution in [2.45, 2.75) is 45.2 Å². The molecule has 8 heteroatoms. The van der Waals surface area contributed by atoms with Crippen LogP contribution in [0.5, 0.6) is 0 Å². The minimum absolute atomic E-state index is 0.0465. The first-order valence-corrected chi connectivity index (χ1v) is 12.3. The zero-order chi connectivity index (χ0) is 23.0. The highest BCUT2D eigenvalue weighted by Gasteiger charge is 2.33. The van der Waals surface area contributed by atoms with E-state index < -0.39 is 0 Å². The third-order valence-electron chi connectivity index (χ3n) is 6.98. The van der Waals surface area contributed by atoms with E-state index in [2.05, 4.69) is 25.7 Å². The molecule has 0 spiro atoms. The molecule has 0 aliphatic carbocycles. The van der Waals surface area contributed by atoms with E-state index in [1.807, 2.05) is 46.0 Å². The van der Waals surface area contributed by atoms with E-state index in [-0.39, 0.29) is 17.5 Å². The van der Waals surface area contributed by atoms with Gasteiger partial charge in [0.15, 0.2) is 0 Å². The summed E-state index contributed by atoms with van der Waals surface area (Å²) in [6, 6.07) is 8.53. The Labute approximate surface area is 194 Å². The molecule has 2 aliphatic heterocycles. The van der Waals surface area contributed by atoms with Crippen LogP contribution in [0.4, 0.5) is 9.80 Å². The van der Waals surface area contributed by atoms with Crippen LogP contribution >= 0.6 is 11.3 Å². The highest BCUT2D eigenvalue weighted by Crippen LogP contribution is 2.34. The number of nitrogens with zero attached hydrogens (tertiary/aromatic N) is 4. The van der Waals surface area contributed by atoms with E-state index in [4.69, 9.17) is 5.73 Å². The molecule has 2 fully saturated rings.